The number of hydrogen-bond donors (Lipinski definition) is 1. The molecule has 5 heteroatoms. The van der Waals surface area contributed by atoms with Crippen LogP contribution in [0.1, 0.15) is 6.42 Å². The molecule has 1 aliphatic heterocycles. The lowest BCUT2D eigenvalue weighted by atomic mass is 10.3. The molecule has 0 bridgehead atoms. The second-order valence-corrected chi connectivity index (χ2v) is 3.14. The second kappa shape index (κ2) is 4.23. The van der Waals surface area contributed by atoms with Crippen LogP contribution < -0.4 is 14.8 Å². The topological polar surface area (TPSA) is 56.3 Å². The Morgan fingerprint density at radius 3 is 2.79 bits per heavy atom. The van der Waals surface area contributed by atoms with Gasteiger partial charge in [0.25, 0.3) is 0 Å². The molecule has 2 heterocycles. The third kappa shape index (κ3) is 2.11. The van der Waals surface area contributed by atoms with E-state index in [4.69, 9.17) is 9.47 Å². The van der Waals surface area contributed by atoms with Crippen LogP contribution in [0.4, 0.5) is 0 Å². The average Bonchev–Trinajstić information content (AvgIpc) is 2.72. The van der Waals surface area contributed by atoms with Crippen LogP contribution in [-0.4, -0.2) is 36.3 Å². The van der Waals surface area contributed by atoms with Gasteiger partial charge in [-0.05, 0) is 13.0 Å². The van der Waals surface area contributed by atoms with Gasteiger partial charge in [0.2, 0.25) is 0 Å². The van der Waals surface area contributed by atoms with Crippen LogP contribution in [0.15, 0.2) is 12.4 Å². The van der Waals surface area contributed by atoms with Gasteiger partial charge in [-0.3, -0.25) is 0 Å². The van der Waals surface area contributed by atoms with Crippen LogP contribution >= 0.6 is 0 Å². The molecular weight excluding hydrogens is 182 g/mol. The van der Waals surface area contributed by atoms with E-state index in [1.54, 1.807) is 19.5 Å². The SMILES string of the molecule is COc1cnc(OC2CCNC2)nc1. The predicted octanol–water partition coefficient (Wildman–Crippen LogP) is 0.226. The van der Waals surface area contributed by atoms with Gasteiger partial charge < -0.3 is 14.8 Å². The second-order valence-electron chi connectivity index (χ2n) is 3.14. The Bertz CT molecular complexity index is 283. The fourth-order valence-electron chi connectivity index (χ4n) is 1.35. The molecule has 2 rings (SSSR count). The summed E-state index contributed by atoms with van der Waals surface area (Å²) in [5, 5.41) is 3.21. The molecule has 0 saturated carbocycles. The highest BCUT2D eigenvalue weighted by Gasteiger charge is 2.16. The van der Waals surface area contributed by atoms with E-state index >= 15 is 0 Å². The number of nitrogens with zero attached hydrogens (tertiary/aromatic N) is 2. The zero-order valence-electron chi connectivity index (χ0n) is 8.06. The molecular formula is C9H13N3O2. The van der Waals surface area contributed by atoms with Crippen molar-refractivity contribution in [3.8, 4) is 11.8 Å². The minimum Gasteiger partial charge on any atom is -0.494 e. The van der Waals surface area contributed by atoms with Crippen LogP contribution in [0.3, 0.4) is 0 Å². The Balaban J connectivity index is 1.95. The lowest BCUT2D eigenvalue weighted by Crippen LogP contribution is -2.20. The molecule has 5 nitrogen and oxygen atoms in total. The number of hydrogen-bond acceptors (Lipinski definition) is 5. The van der Waals surface area contributed by atoms with E-state index < -0.39 is 0 Å². The summed E-state index contributed by atoms with van der Waals surface area (Å²) in [7, 11) is 1.58. The number of ether oxygens (including phenoxy) is 2. The Morgan fingerprint density at radius 2 is 2.21 bits per heavy atom. The van der Waals surface area contributed by atoms with Crippen molar-refractivity contribution < 1.29 is 9.47 Å². The van der Waals surface area contributed by atoms with Gasteiger partial charge in [0.05, 0.1) is 19.5 Å². The Morgan fingerprint density at radius 1 is 1.43 bits per heavy atom. The van der Waals surface area contributed by atoms with Crippen molar-refractivity contribution in [2.45, 2.75) is 12.5 Å². The first-order chi connectivity index (χ1) is 6.88. The number of methoxy groups -OCH3 is 1. The lowest BCUT2D eigenvalue weighted by Gasteiger charge is -2.09. The maximum absolute atomic E-state index is 5.53. The normalized spacial score (nSPS) is 20.8. The highest BCUT2D eigenvalue weighted by Crippen LogP contribution is 2.12. The maximum atomic E-state index is 5.53. The summed E-state index contributed by atoms with van der Waals surface area (Å²) in [5.41, 5.74) is 0. The van der Waals surface area contributed by atoms with Crippen LogP contribution in [0.5, 0.6) is 11.8 Å². The molecule has 1 atom stereocenters. The van der Waals surface area contributed by atoms with Gasteiger partial charge in [-0.15, -0.1) is 0 Å². The van der Waals surface area contributed by atoms with Crippen molar-refractivity contribution in [3.05, 3.63) is 12.4 Å². The van der Waals surface area contributed by atoms with Crippen molar-refractivity contribution in [3.63, 3.8) is 0 Å². The van der Waals surface area contributed by atoms with E-state index in [2.05, 4.69) is 15.3 Å². The molecule has 1 unspecified atom stereocenters. The Kier molecular flexibility index (Phi) is 2.78. The summed E-state index contributed by atoms with van der Waals surface area (Å²) in [5.74, 6) is 0.641. The van der Waals surface area contributed by atoms with Crippen molar-refractivity contribution in [2.75, 3.05) is 20.2 Å². The summed E-state index contributed by atoms with van der Waals surface area (Å²) in [6.07, 6.45) is 4.41. The highest BCUT2D eigenvalue weighted by molar-refractivity contribution is 5.13. The van der Waals surface area contributed by atoms with E-state index in [1.165, 1.54) is 0 Å². The molecule has 1 fully saturated rings. The molecule has 1 saturated heterocycles. The van der Waals surface area contributed by atoms with Crippen LogP contribution in [-0.2, 0) is 0 Å². The van der Waals surface area contributed by atoms with Gasteiger partial charge in [-0.25, -0.2) is 0 Å². The average molecular weight is 195 g/mol. The third-order valence-corrected chi connectivity index (χ3v) is 2.13. The largest absolute Gasteiger partial charge is 0.494 e. The summed E-state index contributed by atoms with van der Waals surface area (Å²) in [6, 6.07) is 0.416. The fourth-order valence-corrected chi connectivity index (χ4v) is 1.35. The maximum Gasteiger partial charge on any atom is 0.316 e. The first kappa shape index (κ1) is 9.21. The number of nitrogens with one attached hydrogen (secondary N) is 1. The summed E-state index contributed by atoms with van der Waals surface area (Å²) < 4.78 is 10.5. The van der Waals surface area contributed by atoms with Crippen LogP contribution in [0, 0.1) is 0 Å². The van der Waals surface area contributed by atoms with E-state index in [1.807, 2.05) is 0 Å². The molecule has 76 valence electrons. The molecule has 14 heavy (non-hydrogen) atoms. The van der Waals surface area contributed by atoms with E-state index in [9.17, 15) is 0 Å². The monoisotopic (exact) mass is 195 g/mol. The molecule has 0 spiro atoms. The molecule has 0 aliphatic carbocycles. The minimum absolute atomic E-state index is 0.198. The smallest absolute Gasteiger partial charge is 0.316 e. The van der Waals surface area contributed by atoms with Gasteiger partial charge in [-0.2, -0.15) is 9.97 Å². The van der Waals surface area contributed by atoms with Gasteiger partial charge >= 0.3 is 6.01 Å². The number of aromatic nitrogens is 2. The first-order valence-electron chi connectivity index (χ1n) is 4.62. The number of rotatable bonds is 3. The van der Waals surface area contributed by atoms with Gasteiger partial charge in [0.1, 0.15) is 6.10 Å². The van der Waals surface area contributed by atoms with Crippen molar-refractivity contribution in [1.82, 2.24) is 15.3 Å². The zero-order chi connectivity index (χ0) is 9.80. The predicted molar refractivity (Wildman–Crippen MR) is 50.5 cm³/mol. The minimum atomic E-state index is 0.198. The molecule has 0 amide bonds. The van der Waals surface area contributed by atoms with Crippen LogP contribution in [0.2, 0.25) is 0 Å². The van der Waals surface area contributed by atoms with Crippen molar-refractivity contribution in [2.24, 2.45) is 0 Å². The first-order valence-corrected chi connectivity index (χ1v) is 4.62. The molecule has 0 radical (unpaired) electrons. The molecule has 1 aromatic rings. The van der Waals surface area contributed by atoms with Gasteiger partial charge in [0.15, 0.2) is 5.75 Å². The van der Waals surface area contributed by atoms with E-state index in [0.717, 1.165) is 19.5 Å². The van der Waals surface area contributed by atoms with Crippen molar-refractivity contribution >= 4 is 0 Å². The van der Waals surface area contributed by atoms with E-state index in [-0.39, 0.29) is 6.10 Å². The Labute approximate surface area is 82.5 Å². The molecule has 1 aliphatic rings. The van der Waals surface area contributed by atoms with Gasteiger partial charge in [0, 0.05) is 6.54 Å². The molecule has 1 N–H and O–H groups in total. The molecule has 1 aromatic heterocycles. The summed E-state index contributed by atoms with van der Waals surface area (Å²) in [4.78, 5) is 8.05. The highest BCUT2D eigenvalue weighted by atomic mass is 16.5. The summed E-state index contributed by atoms with van der Waals surface area (Å²) in [6.45, 7) is 1.87. The lowest BCUT2D eigenvalue weighted by molar-refractivity contribution is 0.203. The quantitative estimate of drug-likeness (QED) is 0.748. The zero-order valence-corrected chi connectivity index (χ0v) is 8.06. The molecule has 0 aromatic carbocycles. The van der Waals surface area contributed by atoms with Crippen molar-refractivity contribution in [1.29, 1.82) is 0 Å². The standard InChI is InChI=1S/C9H13N3O2/c1-13-8-5-11-9(12-6-8)14-7-2-3-10-4-7/h5-7,10H,2-4H2,1H3. The van der Waals surface area contributed by atoms with Gasteiger partial charge in [-0.1, -0.05) is 0 Å². The van der Waals surface area contributed by atoms with E-state index in [0.29, 0.717) is 11.8 Å². The third-order valence-electron chi connectivity index (χ3n) is 2.13. The fraction of sp³-hybridized carbons (Fsp3) is 0.556. The van der Waals surface area contributed by atoms with Crippen LogP contribution in [0.25, 0.3) is 0 Å². The Hall–Kier alpha value is -1.36. The summed E-state index contributed by atoms with van der Waals surface area (Å²) >= 11 is 0.